The first-order valence-corrected chi connectivity index (χ1v) is 9.91. The van der Waals surface area contributed by atoms with Gasteiger partial charge >= 0.3 is 0 Å². The van der Waals surface area contributed by atoms with Gasteiger partial charge in [-0.1, -0.05) is 59.8 Å². The van der Waals surface area contributed by atoms with Crippen LogP contribution in [0.5, 0.6) is 0 Å². The van der Waals surface area contributed by atoms with Gasteiger partial charge in [0.25, 0.3) is 0 Å². The maximum absolute atomic E-state index is 12.6. The number of hydrogen-bond donors (Lipinski definition) is 1. The first-order valence-electron chi connectivity index (χ1n) is 9.03. The monoisotopic (exact) mass is 380 g/mol. The van der Waals surface area contributed by atoms with Crippen LogP contribution in [0.25, 0.3) is 11.4 Å². The van der Waals surface area contributed by atoms with E-state index in [-0.39, 0.29) is 11.2 Å². The van der Waals surface area contributed by atoms with Crippen LogP contribution in [0.3, 0.4) is 0 Å². The highest BCUT2D eigenvalue weighted by atomic mass is 32.2. The molecule has 0 saturated carbocycles. The molecule has 27 heavy (non-hydrogen) atoms. The van der Waals surface area contributed by atoms with Gasteiger partial charge in [-0.2, -0.15) is 0 Å². The van der Waals surface area contributed by atoms with Crippen molar-refractivity contribution in [3.8, 4) is 11.4 Å². The van der Waals surface area contributed by atoms with Crippen molar-refractivity contribution in [2.45, 2.75) is 44.6 Å². The fraction of sp³-hybridized carbons (Fsp3) is 0.286. The highest BCUT2D eigenvalue weighted by Gasteiger charge is 2.20. The molecule has 5 nitrogen and oxygen atoms in total. The number of hydrogen-bond acceptors (Lipinski definition) is 4. The molecule has 2 aromatic carbocycles. The van der Waals surface area contributed by atoms with Crippen LogP contribution in [0.15, 0.2) is 53.7 Å². The number of carbonyl (C=O) groups is 1. The second kappa shape index (κ2) is 8.39. The van der Waals surface area contributed by atoms with Crippen LogP contribution in [0.4, 0.5) is 5.69 Å². The van der Waals surface area contributed by atoms with Crippen LogP contribution in [0, 0.1) is 13.8 Å². The second-order valence-electron chi connectivity index (χ2n) is 6.48. The van der Waals surface area contributed by atoms with E-state index in [0.717, 1.165) is 34.3 Å². The van der Waals surface area contributed by atoms with Gasteiger partial charge in [0.15, 0.2) is 11.0 Å². The zero-order valence-corrected chi connectivity index (χ0v) is 16.9. The average Bonchev–Trinajstić information content (AvgIpc) is 3.07. The van der Waals surface area contributed by atoms with E-state index < -0.39 is 0 Å². The van der Waals surface area contributed by atoms with Crippen molar-refractivity contribution in [1.29, 1.82) is 0 Å². The van der Waals surface area contributed by atoms with Gasteiger partial charge in [-0.15, -0.1) is 10.2 Å². The zero-order chi connectivity index (χ0) is 19.4. The number of amides is 1. The summed E-state index contributed by atoms with van der Waals surface area (Å²) in [6.45, 7) is 8.73. The smallest absolute Gasteiger partial charge is 0.237 e. The van der Waals surface area contributed by atoms with Gasteiger partial charge in [0.05, 0.1) is 5.25 Å². The quantitative estimate of drug-likeness (QED) is 0.630. The van der Waals surface area contributed by atoms with E-state index in [0.29, 0.717) is 0 Å². The molecular formula is C21H24N4OS. The number of anilines is 1. The topological polar surface area (TPSA) is 59.8 Å². The predicted molar refractivity (Wildman–Crippen MR) is 111 cm³/mol. The van der Waals surface area contributed by atoms with Crippen molar-refractivity contribution in [2.24, 2.45) is 0 Å². The molecular weight excluding hydrogens is 356 g/mol. The Bertz CT molecular complexity index is 937. The lowest BCUT2D eigenvalue weighted by atomic mass is 10.1. The molecule has 1 aromatic heterocycles. The van der Waals surface area contributed by atoms with Crippen molar-refractivity contribution >= 4 is 23.4 Å². The standard InChI is InChI=1S/C21H24N4OS/c1-5-25-19(17-9-7-6-8-10-17)23-24-21(25)27-16(4)20(26)22-18-12-11-14(2)13-15(18)3/h6-13,16H,5H2,1-4H3,(H,22,26)/t16-/m1/s1. The second-order valence-corrected chi connectivity index (χ2v) is 7.79. The number of carbonyl (C=O) groups excluding carboxylic acids is 1. The highest BCUT2D eigenvalue weighted by molar-refractivity contribution is 8.00. The molecule has 0 fully saturated rings. The summed E-state index contributed by atoms with van der Waals surface area (Å²) in [6, 6.07) is 16.0. The van der Waals surface area contributed by atoms with Crippen LogP contribution >= 0.6 is 11.8 Å². The van der Waals surface area contributed by atoms with E-state index in [2.05, 4.69) is 28.5 Å². The fourth-order valence-corrected chi connectivity index (χ4v) is 3.77. The van der Waals surface area contributed by atoms with E-state index in [1.165, 1.54) is 17.3 Å². The molecule has 3 rings (SSSR count). The summed E-state index contributed by atoms with van der Waals surface area (Å²) in [6.07, 6.45) is 0. The predicted octanol–water partition coefficient (Wildman–Crippen LogP) is 4.70. The van der Waals surface area contributed by atoms with Gasteiger partial charge in [-0.25, -0.2) is 0 Å². The third kappa shape index (κ3) is 4.39. The van der Waals surface area contributed by atoms with Gasteiger partial charge in [-0.3, -0.25) is 4.79 Å². The Morgan fingerprint density at radius 3 is 2.56 bits per heavy atom. The van der Waals surface area contributed by atoms with Gasteiger partial charge in [0.1, 0.15) is 0 Å². The molecule has 0 bridgehead atoms. The zero-order valence-electron chi connectivity index (χ0n) is 16.1. The number of thioether (sulfide) groups is 1. The van der Waals surface area contributed by atoms with Gasteiger partial charge in [0, 0.05) is 17.8 Å². The van der Waals surface area contributed by atoms with Crippen molar-refractivity contribution in [2.75, 3.05) is 5.32 Å². The molecule has 6 heteroatoms. The van der Waals surface area contributed by atoms with Gasteiger partial charge in [0.2, 0.25) is 5.91 Å². The summed E-state index contributed by atoms with van der Waals surface area (Å²) in [7, 11) is 0. The van der Waals surface area contributed by atoms with E-state index in [9.17, 15) is 4.79 Å². The number of aryl methyl sites for hydroxylation is 2. The maximum Gasteiger partial charge on any atom is 0.237 e. The molecule has 0 radical (unpaired) electrons. The Morgan fingerprint density at radius 2 is 1.89 bits per heavy atom. The summed E-state index contributed by atoms with van der Waals surface area (Å²) in [4.78, 5) is 12.6. The third-order valence-electron chi connectivity index (χ3n) is 4.36. The number of benzene rings is 2. The van der Waals surface area contributed by atoms with E-state index in [1.807, 2.05) is 67.8 Å². The van der Waals surface area contributed by atoms with E-state index in [4.69, 9.17) is 0 Å². The largest absolute Gasteiger partial charge is 0.325 e. The van der Waals surface area contributed by atoms with E-state index in [1.54, 1.807) is 0 Å². The lowest BCUT2D eigenvalue weighted by molar-refractivity contribution is -0.115. The molecule has 0 aliphatic carbocycles. The average molecular weight is 381 g/mol. The lowest BCUT2D eigenvalue weighted by Gasteiger charge is -2.14. The molecule has 1 amide bonds. The Kier molecular flexibility index (Phi) is 5.96. The molecule has 1 heterocycles. The lowest BCUT2D eigenvalue weighted by Crippen LogP contribution is -2.23. The first kappa shape index (κ1) is 19.2. The molecule has 3 aromatic rings. The minimum absolute atomic E-state index is 0.0427. The molecule has 0 aliphatic heterocycles. The Balaban J connectivity index is 1.75. The number of nitrogens with one attached hydrogen (secondary N) is 1. The summed E-state index contributed by atoms with van der Waals surface area (Å²) < 4.78 is 2.04. The molecule has 0 aliphatic rings. The maximum atomic E-state index is 12.6. The molecule has 1 atom stereocenters. The van der Waals surface area contributed by atoms with Crippen LogP contribution in [0.2, 0.25) is 0 Å². The molecule has 0 unspecified atom stereocenters. The highest BCUT2D eigenvalue weighted by Crippen LogP contribution is 2.27. The molecule has 140 valence electrons. The van der Waals surface area contributed by atoms with Crippen molar-refractivity contribution in [1.82, 2.24) is 14.8 Å². The van der Waals surface area contributed by atoms with Crippen LogP contribution in [-0.2, 0) is 11.3 Å². The molecule has 0 spiro atoms. The Morgan fingerprint density at radius 1 is 1.15 bits per heavy atom. The molecule has 0 saturated heterocycles. The van der Waals surface area contributed by atoms with Crippen LogP contribution < -0.4 is 5.32 Å². The number of nitrogens with zero attached hydrogens (tertiary/aromatic N) is 3. The first-order chi connectivity index (χ1) is 13.0. The number of rotatable bonds is 6. The van der Waals surface area contributed by atoms with Crippen LogP contribution in [0.1, 0.15) is 25.0 Å². The SMILES string of the molecule is CCn1c(S[C@H](C)C(=O)Nc2ccc(C)cc2C)nnc1-c1ccccc1. The van der Waals surface area contributed by atoms with Gasteiger partial charge in [-0.05, 0) is 39.3 Å². The Hall–Kier alpha value is -2.60. The third-order valence-corrected chi connectivity index (χ3v) is 5.44. The van der Waals surface area contributed by atoms with Crippen molar-refractivity contribution in [3.05, 3.63) is 59.7 Å². The summed E-state index contributed by atoms with van der Waals surface area (Å²) >= 11 is 1.42. The number of aromatic nitrogens is 3. The summed E-state index contributed by atoms with van der Waals surface area (Å²) in [5, 5.41) is 12.1. The van der Waals surface area contributed by atoms with Crippen molar-refractivity contribution in [3.63, 3.8) is 0 Å². The van der Waals surface area contributed by atoms with Crippen molar-refractivity contribution < 1.29 is 4.79 Å². The summed E-state index contributed by atoms with van der Waals surface area (Å²) in [5.41, 5.74) is 4.10. The minimum atomic E-state index is -0.288. The van der Waals surface area contributed by atoms with Gasteiger partial charge < -0.3 is 9.88 Å². The molecule has 1 N–H and O–H groups in total. The Labute approximate surface area is 164 Å². The van der Waals surface area contributed by atoms with Crippen LogP contribution in [-0.4, -0.2) is 25.9 Å². The normalized spacial score (nSPS) is 12.0. The minimum Gasteiger partial charge on any atom is -0.325 e. The fourth-order valence-electron chi connectivity index (χ4n) is 2.86. The van der Waals surface area contributed by atoms with E-state index >= 15 is 0 Å². The summed E-state index contributed by atoms with van der Waals surface area (Å²) in [5.74, 6) is 0.779.